The van der Waals surface area contributed by atoms with Crippen molar-refractivity contribution in [2.45, 2.75) is 13.8 Å². The summed E-state index contributed by atoms with van der Waals surface area (Å²) in [7, 11) is 0. The first-order valence-corrected chi connectivity index (χ1v) is 9.35. The number of aromatic nitrogens is 1. The van der Waals surface area contributed by atoms with Gasteiger partial charge in [-0.05, 0) is 55.8 Å². The van der Waals surface area contributed by atoms with Crippen molar-refractivity contribution in [2.75, 3.05) is 16.8 Å². The van der Waals surface area contributed by atoms with Crippen LogP contribution in [0, 0.1) is 12.7 Å². The monoisotopic (exact) mass is 407 g/mol. The van der Waals surface area contributed by atoms with Crippen molar-refractivity contribution in [1.29, 1.82) is 0 Å². The van der Waals surface area contributed by atoms with E-state index in [-0.39, 0.29) is 11.6 Å². The van der Waals surface area contributed by atoms with Crippen LogP contribution in [0.2, 0.25) is 0 Å². The first-order chi connectivity index (χ1) is 14.4. The van der Waals surface area contributed by atoms with Gasteiger partial charge in [0.2, 0.25) is 0 Å². The van der Waals surface area contributed by atoms with E-state index >= 15 is 0 Å². The number of primary amides is 1. The summed E-state index contributed by atoms with van der Waals surface area (Å²) in [5, 5.41) is 5.47. The third kappa shape index (κ3) is 4.54. The maximum absolute atomic E-state index is 14.3. The number of anilines is 4. The molecule has 8 heteroatoms. The van der Waals surface area contributed by atoms with Gasteiger partial charge < -0.3 is 21.3 Å². The standard InChI is InChI=1S/C22H22FN5O2/c1-3-26-22(30)27-18-6-4-5-7-20(18)28(16-11-14(2)10-15(23)12-16)19-8-9-25-13-17(19)21(24)29/h4-13H,3H2,1-2H3,(H2,24,29)(H2,26,27,30). The first-order valence-electron chi connectivity index (χ1n) is 9.35. The number of carbonyl (C=O) groups is 2. The van der Waals surface area contributed by atoms with Crippen molar-refractivity contribution in [3.8, 4) is 0 Å². The van der Waals surface area contributed by atoms with Gasteiger partial charge in [0, 0.05) is 24.6 Å². The Morgan fingerprint density at radius 1 is 1.13 bits per heavy atom. The average molecular weight is 407 g/mol. The number of nitrogens with two attached hydrogens (primary N) is 1. The maximum atomic E-state index is 14.3. The average Bonchev–Trinajstić information content (AvgIpc) is 2.69. The molecule has 1 aromatic heterocycles. The lowest BCUT2D eigenvalue weighted by atomic mass is 10.1. The lowest BCUT2D eigenvalue weighted by Crippen LogP contribution is -2.29. The van der Waals surface area contributed by atoms with Gasteiger partial charge in [-0.15, -0.1) is 0 Å². The highest BCUT2D eigenvalue weighted by atomic mass is 19.1. The molecule has 30 heavy (non-hydrogen) atoms. The minimum Gasteiger partial charge on any atom is -0.365 e. The van der Waals surface area contributed by atoms with Crippen LogP contribution in [0.15, 0.2) is 60.9 Å². The van der Waals surface area contributed by atoms with Gasteiger partial charge >= 0.3 is 6.03 Å². The number of pyridine rings is 1. The van der Waals surface area contributed by atoms with E-state index in [4.69, 9.17) is 5.73 Å². The number of halogens is 1. The van der Waals surface area contributed by atoms with E-state index in [2.05, 4.69) is 15.6 Å². The highest BCUT2D eigenvalue weighted by molar-refractivity contribution is 6.02. The van der Waals surface area contributed by atoms with Gasteiger partial charge in [-0.25, -0.2) is 9.18 Å². The molecule has 7 nitrogen and oxygen atoms in total. The molecule has 3 rings (SSSR count). The van der Waals surface area contributed by atoms with E-state index in [1.165, 1.54) is 24.5 Å². The predicted octanol–water partition coefficient (Wildman–Crippen LogP) is 4.24. The number of rotatable bonds is 6. The first kappa shape index (κ1) is 20.8. The van der Waals surface area contributed by atoms with Gasteiger partial charge in [0.25, 0.3) is 5.91 Å². The van der Waals surface area contributed by atoms with Crippen molar-refractivity contribution >= 4 is 34.7 Å². The normalized spacial score (nSPS) is 10.4. The highest BCUT2D eigenvalue weighted by Crippen LogP contribution is 2.40. The Balaban J connectivity index is 2.25. The van der Waals surface area contributed by atoms with Crippen LogP contribution < -0.4 is 21.3 Å². The second-order valence-electron chi connectivity index (χ2n) is 6.58. The van der Waals surface area contributed by atoms with Crippen molar-refractivity contribution < 1.29 is 14.0 Å². The number of aryl methyl sites for hydroxylation is 1. The van der Waals surface area contributed by atoms with Gasteiger partial charge in [-0.1, -0.05) is 12.1 Å². The maximum Gasteiger partial charge on any atom is 0.319 e. The minimum atomic E-state index is -0.676. The molecule has 0 radical (unpaired) electrons. The lowest BCUT2D eigenvalue weighted by molar-refractivity contribution is 0.100. The lowest BCUT2D eigenvalue weighted by Gasteiger charge is -2.29. The third-order valence-corrected chi connectivity index (χ3v) is 4.32. The number of urea groups is 1. The zero-order chi connectivity index (χ0) is 21.7. The number of benzene rings is 2. The van der Waals surface area contributed by atoms with Gasteiger partial charge in [0.05, 0.1) is 22.6 Å². The van der Waals surface area contributed by atoms with Crippen molar-refractivity contribution in [3.63, 3.8) is 0 Å². The Morgan fingerprint density at radius 2 is 1.90 bits per heavy atom. The fraction of sp³-hybridized carbons (Fsp3) is 0.136. The summed E-state index contributed by atoms with van der Waals surface area (Å²) in [4.78, 5) is 29.9. The Hall–Kier alpha value is -3.94. The van der Waals surface area contributed by atoms with E-state index in [0.29, 0.717) is 34.9 Å². The summed E-state index contributed by atoms with van der Waals surface area (Å²) in [6, 6.07) is 12.8. The SMILES string of the molecule is CCNC(=O)Nc1ccccc1N(c1cc(C)cc(F)c1)c1ccncc1C(N)=O. The number of carbonyl (C=O) groups excluding carboxylic acids is 2. The molecule has 3 amide bonds. The molecule has 1 heterocycles. The van der Waals surface area contributed by atoms with Crippen LogP contribution in [0.4, 0.5) is 31.9 Å². The fourth-order valence-corrected chi connectivity index (χ4v) is 3.13. The summed E-state index contributed by atoms with van der Waals surface area (Å²) >= 11 is 0. The summed E-state index contributed by atoms with van der Waals surface area (Å²) in [6.45, 7) is 4.03. The summed E-state index contributed by atoms with van der Waals surface area (Å²) in [5.74, 6) is -1.11. The van der Waals surface area contributed by atoms with E-state index in [1.807, 2.05) is 6.92 Å². The molecule has 3 aromatic rings. The van der Waals surface area contributed by atoms with Crippen molar-refractivity contribution in [3.05, 3.63) is 77.9 Å². The van der Waals surface area contributed by atoms with E-state index in [1.54, 1.807) is 48.2 Å². The summed E-state index contributed by atoms with van der Waals surface area (Å²) in [5.41, 5.74) is 8.29. The summed E-state index contributed by atoms with van der Waals surface area (Å²) < 4.78 is 14.3. The zero-order valence-corrected chi connectivity index (χ0v) is 16.6. The van der Waals surface area contributed by atoms with Crippen LogP contribution in [-0.2, 0) is 0 Å². The highest BCUT2D eigenvalue weighted by Gasteiger charge is 2.22. The molecule has 0 bridgehead atoms. The van der Waals surface area contributed by atoms with Gasteiger partial charge in [-0.2, -0.15) is 0 Å². The van der Waals surface area contributed by atoms with Gasteiger partial charge in [0.1, 0.15) is 5.82 Å². The Kier molecular flexibility index (Phi) is 6.26. The molecule has 0 aliphatic carbocycles. The predicted molar refractivity (Wildman–Crippen MR) is 115 cm³/mol. The quantitative estimate of drug-likeness (QED) is 0.569. The van der Waals surface area contributed by atoms with Gasteiger partial charge in [0.15, 0.2) is 0 Å². The van der Waals surface area contributed by atoms with E-state index in [9.17, 15) is 14.0 Å². The molecular formula is C22H22FN5O2. The number of hydrogen-bond acceptors (Lipinski definition) is 4. The third-order valence-electron chi connectivity index (χ3n) is 4.32. The molecule has 0 unspecified atom stereocenters. The van der Waals surface area contributed by atoms with E-state index < -0.39 is 11.7 Å². The van der Waals surface area contributed by atoms with Crippen molar-refractivity contribution in [1.82, 2.24) is 10.3 Å². The fourth-order valence-electron chi connectivity index (χ4n) is 3.13. The minimum absolute atomic E-state index is 0.159. The largest absolute Gasteiger partial charge is 0.365 e. The Labute approximate surface area is 173 Å². The van der Waals surface area contributed by atoms with Crippen LogP contribution in [0.25, 0.3) is 0 Å². The second kappa shape index (κ2) is 9.04. The van der Waals surface area contributed by atoms with Crippen LogP contribution in [0.3, 0.4) is 0 Å². The molecular weight excluding hydrogens is 385 g/mol. The molecule has 154 valence electrons. The molecule has 4 N–H and O–H groups in total. The molecule has 0 atom stereocenters. The van der Waals surface area contributed by atoms with Crippen LogP contribution >= 0.6 is 0 Å². The topological polar surface area (TPSA) is 100 Å². The number of para-hydroxylation sites is 2. The van der Waals surface area contributed by atoms with E-state index in [0.717, 1.165) is 0 Å². The zero-order valence-electron chi connectivity index (χ0n) is 16.6. The number of amides is 3. The van der Waals surface area contributed by atoms with Crippen LogP contribution in [-0.4, -0.2) is 23.5 Å². The number of nitrogens with one attached hydrogen (secondary N) is 2. The Bertz CT molecular complexity index is 1070. The molecule has 0 aliphatic heterocycles. The molecule has 0 saturated heterocycles. The van der Waals surface area contributed by atoms with Crippen LogP contribution in [0.1, 0.15) is 22.8 Å². The second-order valence-corrected chi connectivity index (χ2v) is 6.58. The van der Waals surface area contributed by atoms with Crippen molar-refractivity contribution in [2.24, 2.45) is 5.73 Å². The molecule has 0 aliphatic rings. The number of hydrogen-bond donors (Lipinski definition) is 3. The number of nitrogens with zero attached hydrogens (tertiary/aromatic N) is 2. The molecule has 0 spiro atoms. The van der Waals surface area contributed by atoms with Gasteiger partial charge in [-0.3, -0.25) is 9.78 Å². The smallest absolute Gasteiger partial charge is 0.319 e. The molecule has 2 aromatic carbocycles. The molecule has 0 saturated carbocycles. The van der Waals surface area contributed by atoms with Crippen LogP contribution in [0.5, 0.6) is 0 Å². The Morgan fingerprint density at radius 3 is 2.60 bits per heavy atom. The molecule has 0 fully saturated rings. The summed E-state index contributed by atoms with van der Waals surface area (Å²) in [6.07, 6.45) is 2.87.